The molecule has 1 unspecified atom stereocenters. The van der Waals surface area contributed by atoms with Crippen LogP contribution in [0.2, 0.25) is 0 Å². The molecule has 0 amide bonds. The molecule has 0 heterocycles. The molecule has 2 aliphatic carbocycles. The van der Waals surface area contributed by atoms with Gasteiger partial charge in [0.1, 0.15) is 0 Å². The molecule has 9 aromatic rings. The van der Waals surface area contributed by atoms with Gasteiger partial charge in [0, 0.05) is 34.0 Å². The highest BCUT2D eigenvalue weighted by atomic mass is 15.1. The molecule has 2 aliphatic rings. The Morgan fingerprint density at radius 2 is 0.702 bits per heavy atom. The molecule has 9 aromatic carbocycles. The van der Waals surface area contributed by atoms with Crippen molar-refractivity contribution in [3.05, 3.63) is 253 Å². The summed E-state index contributed by atoms with van der Waals surface area (Å²) in [6, 6.07) is 84.1. The molecule has 0 radical (unpaired) electrons. The number of nitrogens with zero attached hydrogens (tertiary/aromatic N) is 2. The van der Waals surface area contributed by atoms with Gasteiger partial charge >= 0.3 is 0 Å². The maximum Gasteiger partial charge on any atom is 0.0727 e. The Balaban J connectivity index is 1.16. The summed E-state index contributed by atoms with van der Waals surface area (Å²) < 4.78 is 0. The normalized spacial score (nSPS) is 14.4. The Morgan fingerprint density at radius 3 is 1.33 bits per heavy atom. The van der Waals surface area contributed by atoms with E-state index in [1.165, 1.54) is 55.6 Å². The number of fused-ring (bicyclic) bond motifs is 10. The lowest BCUT2D eigenvalue weighted by atomic mass is 9.70. The second-order valence-electron chi connectivity index (χ2n) is 14.9. The molecule has 57 heavy (non-hydrogen) atoms. The Labute approximate surface area is 334 Å². The summed E-state index contributed by atoms with van der Waals surface area (Å²) in [7, 11) is 0. The lowest BCUT2D eigenvalue weighted by Crippen LogP contribution is -2.26. The van der Waals surface area contributed by atoms with Crippen molar-refractivity contribution in [2.45, 2.75) is 5.41 Å². The van der Waals surface area contributed by atoms with Crippen LogP contribution in [-0.4, -0.2) is 0 Å². The van der Waals surface area contributed by atoms with Crippen molar-refractivity contribution in [1.29, 1.82) is 0 Å². The lowest BCUT2D eigenvalue weighted by Gasteiger charge is -2.33. The predicted molar refractivity (Wildman–Crippen MR) is 238 cm³/mol. The van der Waals surface area contributed by atoms with Crippen LogP contribution in [-0.2, 0) is 5.41 Å². The van der Waals surface area contributed by atoms with Gasteiger partial charge in [0.15, 0.2) is 0 Å². The third kappa shape index (κ3) is 5.11. The lowest BCUT2D eigenvalue weighted by molar-refractivity contribution is 0.793. The standard InChI is InChI=1S/C55H38N2/c1-5-18-39(19-6-1)40-32-34-44(35-33-40)57(43-24-11-4-12-25-43)53-31-17-30-51-54(53)48-27-14-16-29-50(48)55(51)49-28-15-13-26-46(49)47-37-36-45(38-52(47)55)56(41-20-7-2-8-21-41)42-22-9-3-10-23-42/h1-38H. The molecular formula is C55H38N2. The van der Waals surface area contributed by atoms with E-state index >= 15 is 0 Å². The van der Waals surface area contributed by atoms with E-state index in [1.807, 2.05) is 0 Å². The van der Waals surface area contributed by atoms with Crippen molar-refractivity contribution < 1.29 is 0 Å². The maximum absolute atomic E-state index is 2.46. The van der Waals surface area contributed by atoms with Crippen LogP contribution in [0.25, 0.3) is 33.4 Å². The van der Waals surface area contributed by atoms with E-state index in [2.05, 4.69) is 240 Å². The van der Waals surface area contributed by atoms with Gasteiger partial charge < -0.3 is 9.80 Å². The smallest absolute Gasteiger partial charge is 0.0727 e. The highest BCUT2D eigenvalue weighted by molar-refractivity contribution is 6.01. The molecule has 1 spiro atoms. The van der Waals surface area contributed by atoms with Crippen molar-refractivity contribution in [1.82, 2.24) is 0 Å². The van der Waals surface area contributed by atoms with Gasteiger partial charge in [-0.1, -0.05) is 164 Å². The predicted octanol–water partition coefficient (Wildman–Crippen LogP) is 14.6. The van der Waals surface area contributed by atoms with Gasteiger partial charge in [0.25, 0.3) is 0 Å². The van der Waals surface area contributed by atoms with E-state index in [0.29, 0.717) is 0 Å². The second kappa shape index (κ2) is 13.4. The van der Waals surface area contributed by atoms with Crippen LogP contribution in [0.5, 0.6) is 0 Å². The van der Waals surface area contributed by atoms with Crippen molar-refractivity contribution in [3.8, 4) is 33.4 Å². The van der Waals surface area contributed by atoms with Crippen LogP contribution in [0.4, 0.5) is 34.1 Å². The van der Waals surface area contributed by atoms with Crippen LogP contribution >= 0.6 is 0 Å². The van der Waals surface area contributed by atoms with Crippen LogP contribution < -0.4 is 9.80 Å². The zero-order valence-corrected chi connectivity index (χ0v) is 31.3. The molecular weight excluding hydrogens is 689 g/mol. The summed E-state index contributed by atoms with van der Waals surface area (Å²) >= 11 is 0. The fourth-order valence-electron chi connectivity index (χ4n) is 9.52. The molecule has 0 aromatic heterocycles. The second-order valence-corrected chi connectivity index (χ2v) is 14.9. The van der Waals surface area contributed by atoms with Crippen molar-refractivity contribution in [2.75, 3.05) is 9.80 Å². The number of rotatable bonds is 7. The molecule has 0 aliphatic heterocycles. The zero-order chi connectivity index (χ0) is 37.8. The van der Waals surface area contributed by atoms with E-state index in [9.17, 15) is 0 Å². The minimum Gasteiger partial charge on any atom is -0.310 e. The quantitative estimate of drug-likeness (QED) is 0.161. The molecule has 0 fully saturated rings. The maximum atomic E-state index is 2.46. The van der Waals surface area contributed by atoms with Crippen LogP contribution in [0.15, 0.2) is 231 Å². The van der Waals surface area contributed by atoms with E-state index in [-0.39, 0.29) is 0 Å². The van der Waals surface area contributed by atoms with Crippen molar-refractivity contribution in [2.24, 2.45) is 0 Å². The van der Waals surface area contributed by atoms with Crippen LogP contribution in [0.3, 0.4) is 0 Å². The SMILES string of the molecule is c1ccc(-c2ccc(N(c3ccccc3)c3cccc4c3-c3ccccc3C43c4ccccc4-c4ccc(N(c5ccccc5)c5ccccc5)cc43)cc2)cc1. The minimum atomic E-state index is -0.525. The Morgan fingerprint density at radius 1 is 0.263 bits per heavy atom. The first kappa shape index (κ1) is 33.0. The fraction of sp³-hybridized carbons (Fsp3) is 0.0182. The molecule has 0 N–H and O–H groups in total. The number of hydrogen-bond acceptors (Lipinski definition) is 2. The topological polar surface area (TPSA) is 6.48 Å². The minimum absolute atomic E-state index is 0.525. The van der Waals surface area contributed by atoms with Gasteiger partial charge in [-0.3, -0.25) is 0 Å². The molecule has 11 rings (SSSR count). The number of para-hydroxylation sites is 3. The average Bonchev–Trinajstić information content (AvgIpc) is 3.76. The number of anilines is 6. The number of hydrogen-bond donors (Lipinski definition) is 0. The van der Waals surface area contributed by atoms with E-state index in [4.69, 9.17) is 0 Å². The summed E-state index contributed by atoms with van der Waals surface area (Å²) in [5, 5.41) is 0. The highest BCUT2D eigenvalue weighted by Gasteiger charge is 2.52. The number of benzene rings is 9. The van der Waals surface area contributed by atoms with Gasteiger partial charge in [-0.15, -0.1) is 0 Å². The summed E-state index contributed by atoms with van der Waals surface area (Å²) in [6.45, 7) is 0. The van der Waals surface area contributed by atoms with Crippen molar-refractivity contribution in [3.63, 3.8) is 0 Å². The average molecular weight is 727 g/mol. The van der Waals surface area contributed by atoms with E-state index in [0.717, 1.165) is 34.1 Å². The first-order valence-electron chi connectivity index (χ1n) is 19.7. The van der Waals surface area contributed by atoms with Gasteiger partial charge in [-0.05, 0) is 117 Å². The van der Waals surface area contributed by atoms with Crippen molar-refractivity contribution >= 4 is 34.1 Å². The molecule has 268 valence electrons. The molecule has 2 nitrogen and oxygen atoms in total. The van der Waals surface area contributed by atoms with Gasteiger partial charge in [0.2, 0.25) is 0 Å². The molecule has 1 atom stereocenters. The first-order valence-corrected chi connectivity index (χ1v) is 19.7. The van der Waals surface area contributed by atoms with E-state index < -0.39 is 5.41 Å². The Hall–Kier alpha value is -7.42. The molecule has 2 heteroatoms. The molecule has 0 saturated heterocycles. The Kier molecular flexibility index (Phi) is 7.75. The summed E-state index contributed by atoms with van der Waals surface area (Å²) in [5.74, 6) is 0. The highest BCUT2D eigenvalue weighted by Crippen LogP contribution is 2.65. The third-order valence-corrected chi connectivity index (χ3v) is 11.9. The van der Waals surface area contributed by atoms with E-state index in [1.54, 1.807) is 0 Å². The first-order chi connectivity index (χ1) is 28.3. The largest absolute Gasteiger partial charge is 0.310 e. The van der Waals surface area contributed by atoms with Crippen LogP contribution in [0.1, 0.15) is 22.3 Å². The zero-order valence-electron chi connectivity index (χ0n) is 31.3. The summed E-state index contributed by atoms with van der Waals surface area (Å²) in [5.41, 5.74) is 19.0. The molecule has 0 saturated carbocycles. The third-order valence-electron chi connectivity index (χ3n) is 11.9. The van der Waals surface area contributed by atoms with Crippen LogP contribution in [0, 0.1) is 0 Å². The Bertz CT molecular complexity index is 2850. The van der Waals surface area contributed by atoms with Gasteiger partial charge in [-0.2, -0.15) is 0 Å². The van der Waals surface area contributed by atoms with Gasteiger partial charge in [0.05, 0.1) is 11.1 Å². The monoisotopic (exact) mass is 726 g/mol. The fourth-order valence-corrected chi connectivity index (χ4v) is 9.52. The summed E-state index contributed by atoms with van der Waals surface area (Å²) in [4.78, 5) is 4.82. The van der Waals surface area contributed by atoms with Gasteiger partial charge in [-0.25, -0.2) is 0 Å². The summed E-state index contributed by atoms with van der Waals surface area (Å²) in [6.07, 6.45) is 0. The molecule has 0 bridgehead atoms.